The number of carbonyl (C=O) groups is 1. The molecule has 0 aromatic heterocycles. The Hall–Kier alpha value is -1.31. The van der Waals surface area contributed by atoms with Gasteiger partial charge in [-0.3, -0.25) is 4.79 Å². The van der Waals surface area contributed by atoms with Crippen LogP contribution in [-0.2, 0) is 5.41 Å². The normalized spacial score (nSPS) is 18.8. The van der Waals surface area contributed by atoms with Gasteiger partial charge in [0, 0.05) is 12.0 Å². The minimum atomic E-state index is -0.0693. The molecule has 0 aliphatic heterocycles. The van der Waals surface area contributed by atoms with E-state index < -0.39 is 0 Å². The first-order valence-corrected chi connectivity index (χ1v) is 4.37. The Kier molecular flexibility index (Phi) is 1.50. The summed E-state index contributed by atoms with van der Waals surface area (Å²) in [6.45, 7) is 4.10. The maximum atomic E-state index is 11.5. The van der Waals surface area contributed by atoms with Crippen molar-refractivity contribution < 1.29 is 9.90 Å². The van der Waals surface area contributed by atoms with Gasteiger partial charge in [-0.25, -0.2) is 0 Å². The summed E-state index contributed by atoms with van der Waals surface area (Å²) in [6, 6.07) is 5.04. The number of ketones is 1. The van der Waals surface area contributed by atoms with Gasteiger partial charge in [0.1, 0.15) is 5.75 Å². The van der Waals surface area contributed by atoms with E-state index in [1.165, 1.54) is 0 Å². The monoisotopic (exact) mass is 176 g/mol. The highest BCUT2D eigenvalue weighted by molar-refractivity contribution is 6.02. The molecule has 0 unspecified atom stereocenters. The van der Waals surface area contributed by atoms with E-state index in [4.69, 9.17) is 0 Å². The summed E-state index contributed by atoms with van der Waals surface area (Å²) in [5.41, 5.74) is 1.67. The van der Waals surface area contributed by atoms with Crippen LogP contribution in [0.1, 0.15) is 36.2 Å². The SMILES string of the molecule is CC1(C)CC(=O)c2cc(O)ccc21. The van der Waals surface area contributed by atoms with Crippen LogP contribution < -0.4 is 0 Å². The van der Waals surface area contributed by atoms with E-state index in [-0.39, 0.29) is 16.9 Å². The summed E-state index contributed by atoms with van der Waals surface area (Å²) in [5.74, 6) is 0.306. The number of hydrogen-bond donors (Lipinski definition) is 1. The molecular formula is C11H12O2. The zero-order valence-corrected chi connectivity index (χ0v) is 7.79. The van der Waals surface area contributed by atoms with Crippen LogP contribution in [0.15, 0.2) is 18.2 Å². The van der Waals surface area contributed by atoms with Gasteiger partial charge in [0.15, 0.2) is 5.78 Å². The average Bonchev–Trinajstić information content (AvgIpc) is 2.22. The zero-order chi connectivity index (χ0) is 9.64. The van der Waals surface area contributed by atoms with Gasteiger partial charge in [-0.1, -0.05) is 19.9 Å². The molecular weight excluding hydrogens is 164 g/mol. The van der Waals surface area contributed by atoms with Gasteiger partial charge >= 0.3 is 0 Å². The lowest BCUT2D eigenvalue weighted by atomic mass is 9.87. The van der Waals surface area contributed by atoms with Crippen molar-refractivity contribution >= 4 is 5.78 Å². The van der Waals surface area contributed by atoms with Crippen molar-refractivity contribution in [2.75, 3.05) is 0 Å². The van der Waals surface area contributed by atoms with E-state index in [1.807, 2.05) is 19.9 Å². The molecule has 1 aliphatic rings. The van der Waals surface area contributed by atoms with E-state index in [9.17, 15) is 9.90 Å². The van der Waals surface area contributed by atoms with Gasteiger partial charge in [-0.15, -0.1) is 0 Å². The third kappa shape index (κ3) is 1.13. The van der Waals surface area contributed by atoms with E-state index in [1.54, 1.807) is 12.1 Å². The molecule has 0 spiro atoms. The fraction of sp³-hybridized carbons (Fsp3) is 0.364. The van der Waals surface area contributed by atoms with Crippen LogP contribution in [0.2, 0.25) is 0 Å². The van der Waals surface area contributed by atoms with Crippen LogP contribution in [0.3, 0.4) is 0 Å². The lowest BCUT2D eigenvalue weighted by Crippen LogP contribution is -2.12. The highest BCUT2D eigenvalue weighted by Gasteiger charge is 2.35. The number of carbonyl (C=O) groups excluding carboxylic acids is 1. The molecule has 68 valence electrons. The number of rotatable bonds is 0. The first-order valence-electron chi connectivity index (χ1n) is 4.37. The number of aromatic hydroxyl groups is 1. The number of phenols is 1. The second-order valence-corrected chi connectivity index (χ2v) is 4.21. The van der Waals surface area contributed by atoms with Crippen molar-refractivity contribution in [1.29, 1.82) is 0 Å². The van der Waals surface area contributed by atoms with E-state index in [2.05, 4.69) is 0 Å². The van der Waals surface area contributed by atoms with Crippen molar-refractivity contribution in [3.05, 3.63) is 29.3 Å². The molecule has 1 aromatic carbocycles. The molecule has 1 N–H and O–H groups in total. The van der Waals surface area contributed by atoms with Crippen LogP contribution >= 0.6 is 0 Å². The molecule has 1 aliphatic carbocycles. The average molecular weight is 176 g/mol. The van der Waals surface area contributed by atoms with E-state index in [0.29, 0.717) is 12.0 Å². The number of phenolic OH excluding ortho intramolecular Hbond substituents is 1. The molecule has 0 fully saturated rings. The molecule has 13 heavy (non-hydrogen) atoms. The molecule has 0 saturated heterocycles. The van der Waals surface area contributed by atoms with Gasteiger partial charge in [-0.05, 0) is 23.1 Å². The van der Waals surface area contributed by atoms with Crippen molar-refractivity contribution in [3.8, 4) is 5.75 Å². The molecule has 0 atom stereocenters. The third-order valence-corrected chi connectivity index (χ3v) is 2.64. The highest BCUT2D eigenvalue weighted by Crippen LogP contribution is 2.39. The van der Waals surface area contributed by atoms with Gasteiger partial charge in [0.05, 0.1) is 0 Å². The Morgan fingerprint density at radius 3 is 2.77 bits per heavy atom. The lowest BCUT2D eigenvalue weighted by molar-refractivity contribution is 0.0979. The molecule has 0 radical (unpaired) electrons. The number of benzene rings is 1. The Labute approximate surface area is 77.2 Å². The summed E-state index contributed by atoms with van der Waals surface area (Å²) in [5, 5.41) is 9.23. The first kappa shape index (κ1) is 8.30. The Bertz CT molecular complexity index is 378. The van der Waals surface area contributed by atoms with Crippen molar-refractivity contribution in [2.45, 2.75) is 25.7 Å². The Balaban J connectivity index is 2.66. The number of fused-ring (bicyclic) bond motifs is 1. The fourth-order valence-corrected chi connectivity index (χ4v) is 1.94. The van der Waals surface area contributed by atoms with Crippen molar-refractivity contribution in [3.63, 3.8) is 0 Å². The largest absolute Gasteiger partial charge is 0.508 e. The predicted molar refractivity (Wildman–Crippen MR) is 50.1 cm³/mol. The molecule has 0 saturated carbocycles. The maximum Gasteiger partial charge on any atom is 0.164 e. The van der Waals surface area contributed by atoms with E-state index in [0.717, 1.165) is 5.56 Å². The lowest BCUT2D eigenvalue weighted by Gasteiger charge is -2.17. The number of Topliss-reactive ketones (excluding diaryl/α,β-unsaturated/α-hetero) is 1. The van der Waals surface area contributed by atoms with Crippen LogP contribution in [0.5, 0.6) is 5.75 Å². The van der Waals surface area contributed by atoms with Gasteiger partial charge < -0.3 is 5.11 Å². The highest BCUT2D eigenvalue weighted by atomic mass is 16.3. The van der Waals surface area contributed by atoms with Crippen LogP contribution in [0.25, 0.3) is 0 Å². The van der Waals surface area contributed by atoms with Crippen LogP contribution in [-0.4, -0.2) is 10.9 Å². The molecule has 0 bridgehead atoms. The fourth-order valence-electron chi connectivity index (χ4n) is 1.94. The van der Waals surface area contributed by atoms with Gasteiger partial charge in [0.25, 0.3) is 0 Å². The molecule has 2 nitrogen and oxygen atoms in total. The summed E-state index contributed by atoms with van der Waals surface area (Å²) in [7, 11) is 0. The van der Waals surface area contributed by atoms with Gasteiger partial charge in [0.2, 0.25) is 0 Å². The first-order chi connectivity index (χ1) is 6.00. The molecule has 2 heteroatoms. The standard InChI is InChI=1S/C11H12O2/c1-11(2)6-10(13)8-5-7(12)3-4-9(8)11/h3-5,12H,6H2,1-2H3. The summed E-state index contributed by atoms with van der Waals surface area (Å²) in [4.78, 5) is 11.5. The summed E-state index contributed by atoms with van der Waals surface area (Å²) in [6.07, 6.45) is 0.547. The quantitative estimate of drug-likeness (QED) is 0.658. The molecule has 1 aromatic rings. The second kappa shape index (κ2) is 2.34. The smallest absolute Gasteiger partial charge is 0.164 e. The summed E-state index contributed by atoms with van der Waals surface area (Å²) < 4.78 is 0. The second-order valence-electron chi connectivity index (χ2n) is 4.21. The third-order valence-electron chi connectivity index (χ3n) is 2.64. The van der Waals surface area contributed by atoms with Crippen LogP contribution in [0.4, 0.5) is 0 Å². The topological polar surface area (TPSA) is 37.3 Å². The minimum absolute atomic E-state index is 0.0693. The summed E-state index contributed by atoms with van der Waals surface area (Å²) >= 11 is 0. The molecule has 2 rings (SSSR count). The molecule has 0 amide bonds. The van der Waals surface area contributed by atoms with E-state index >= 15 is 0 Å². The maximum absolute atomic E-state index is 11.5. The zero-order valence-electron chi connectivity index (χ0n) is 7.79. The Morgan fingerprint density at radius 1 is 1.38 bits per heavy atom. The minimum Gasteiger partial charge on any atom is -0.508 e. The Morgan fingerprint density at radius 2 is 2.08 bits per heavy atom. The van der Waals surface area contributed by atoms with Crippen molar-refractivity contribution in [2.24, 2.45) is 0 Å². The van der Waals surface area contributed by atoms with Crippen LogP contribution in [0, 0.1) is 0 Å². The predicted octanol–water partition coefficient (Wildman–Crippen LogP) is 2.26. The number of hydrogen-bond acceptors (Lipinski definition) is 2. The van der Waals surface area contributed by atoms with Crippen molar-refractivity contribution in [1.82, 2.24) is 0 Å². The molecule has 0 heterocycles. The van der Waals surface area contributed by atoms with Gasteiger partial charge in [-0.2, -0.15) is 0 Å².